The van der Waals surface area contributed by atoms with Crippen molar-refractivity contribution in [3.8, 4) is 0 Å². The lowest BCUT2D eigenvalue weighted by molar-refractivity contribution is 0.431. The van der Waals surface area contributed by atoms with Gasteiger partial charge in [-0.05, 0) is 69.6 Å². The first-order valence-electron chi connectivity index (χ1n) is 11.3. The monoisotopic (exact) mass is 416 g/mol. The molecule has 1 aliphatic carbocycles. The number of rotatable bonds is 7. The average Bonchev–Trinajstić information content (AvgIpc) is 3.12. The highest BCUT2D eigenvalue weighted by Crippen LogP contribution is 2.30. The first-order chi connectivity index (χ1) is 15.0. The van der Waals surface area contributed by atoms with Crippen LogP contribution in [0.2, 0.25) is 0 Å². The molecular formula is C25H32N6. The lowest BCUT2D eigenvalue weighted by Gasteiger charge is -2.25. The van der Waals surface area contributed by atoms with Gasteiger partial charge in [-0.1, -0.05) is 43.2 Å². The van der Waals surface area contributed by atoms with Gasteiger partial charge in [-0.2, -0.15) is 10.1 Å². The van der Waals surface area contributed by atoms with E-state index in [-0.39, 0.29) is 0 Å². The molecule has 31 heavy (non-hydrogen) atoms. The average molecular weight is 417 g/mol. The van der Waals surface area contributed by atoms with Gasteiger partial charge in [0.2, 0.25) is 0 Å². The third-order valence-corrected chi connectivity index (χ3v) is 6.13. The second-order valence-corrected chi connectivity index (χ2v) is 8.84. The van der Waals surface area contributed by atoms with E-state index in [4.69, 9.17) is 0 Å². The maximum Gasteiger partial charge on any atom is 0.265 e. The smallest absolute Gasteiger partial charge is 0.265 e. The Labute approximate surface area is 184 Å². The van der Waals surface area contributed by atoms with Gasteiger partial charge in [0.05, 0.1) is 0 Å². The van der Waals surface area contributed by atoms with Gasteiger partial charge in [0.25, 0.3) is 5.95 Å². The number of allylic oxidation sites excluding steroid dienone is 4. The Morgan fingerprint density at radius 2 is 2.16 bits per heavy atom. The van der Waals surface area contributed by atoms with Crippen molar-refractivity contribution in [3.05, 3.63) is 47.1 Å². The maximum atomic E-state index is 4.56. The fourth-order valence-corrected chi connectivity index (χ4v) is 4.22. The van der Waals surface area contributed by atoms with E-state index < -0.39 is 0 Å². The Morgan fingerprint density at radius 3 is 2.94 bits per heavy atom. The minimum Gasteiger partial charge on any atom is -0.338 e. The summed E-state index contributed by atoms with van der Waals surface area (Å²) in [5.74, 6) is 1.42. The third-order valence-electron chi connectivity index (χ3n) is 6.13. The number of nitrogens with one attached hydrogen (secondary N) is 2. The fourth-order valence-electron chi connectivity index (χ4n) is 4.22. The minimum absolute atomic E-state index is 0.410. The Morgan fingerprint density at radius 1 is 1.29 bits per heavy atom. The maximum absolute atomic E-state index is 4.56. The van der Waals surface area contributed by atoms with Crippen molar-refractivity contribution in [2.24, 2.45) is 16.9 Å². The van der Waals surface area contributed by atoms with Gasteiger partial charge in [-0.3, -0.25) is 0 Å². The SMILES string of the molecule is CCc1ccc2[nH]c3nc(N/N=C/C4CC=C(CCC=C(C)C)CC4C)nnc3c2c1. The van der Waals surface area contributed by atoms with Gasteiger partial charge >= 0.3 is 0 Å². The molecule has 6 nitrogen and oxygen atoms in total. The van der Waals surface area contributed by atoms with Gasteiger partial charge in [0, 0.05) is 23.0 Å². The summed E-state index contributed by atoms with van der Waals surface area (Å²) in [6, 6.07) is 6.36. The number of nitrogens with zero attached hydrogens (tertiary/aromatic N) is 4. The van der Waals surface area contributed by atoms with Crippen LogP contribution in [0.15, 0.2) is 46.6 Å². The van der Waals surface area contributed by atoms with Gasteiger partial charge < -0.3 is 4.98 Å². The summed E-state index contributed by atoms with van der Waals surface area (Å²) in [7, 11) is 0. The molecule has 2 atom stereocenters. The van der Waals surface area contributed by atoms with Gasteiger partial charge in [0.15, 0.2) is 5.65 Å². The van der Waals surface area contributed by atoms with Crippen LogP contribution in [0.5, 0.6) is 0 Å². The Hall–Kier alpha value is -3.02. The first kappa shape index (κ1) is 21.2. The number of hydrazone groups is 1. The lowest BCUT2D eigenvalue weighted by Crippen LogP contribution is -2.18. The highest BCUT2D eigenvalue weighted by atomic mass is 15.4. The Bertz CT molecular complexity index is 1150. The predicted octanol–water partition coefficient (Wildman–Crippen LogP) is 6.19. The summed E-state index contributed by atoms with van der Waals surface area (Å²) in [6.07, 6.45) is 12.2. The van der Waals surface area contributed by atoms with Crippen LogP contribution < -0.4 is 5.43 Å². The summed E-state index contributed by atoms with van der Waals surface area (Å²) < 4.78 is 0. The molecule has 162 valence electrons. The van der Waals surface area contributed by atoms with Gasteiger partial charge in [-0.15, -0.1) is 10.2 Å². The molecular weight excluding hydrogens is 384 g/mol. The van der Waals surface area contributed by atoms with Crippen LogP contribution in [-0.2, 0) is 6.42 Å². The third kappa shape index (κ3) is 5.01. The number of hydrogen-bond donors (Lipinski definition) is 2. The number of H-pyrrole nitrogens is 1. The summed E-state index contributed by atoms with van der Waals surface area (Å²) in [5.41, 5.74) is 9.76. The molecule has 2 heterocycles. The Kier molecular flexibility index (Phi) is 6.44. The summed E-state index contributed by atoms with van der Waals surface area (Å²) in [4.78, 5) is 7.89. The Balaban J connectivity index is 1.40. The zero-order valence-electron chi connectivity index (χ0n) is 18.9. The van der Waals surface area contributed by atoms with Gasteiger partial charge in [-0.25, -0.2) is 5.43 Å². The van der Waals surface area contributed by atoms with E-state index >= 15 is 0 Å². The van der Waals surface area contributed by atoms with E-state index in [2.05, 4.69) is 88.7 Å². The zero-order chi connectivity index (χ0) is 21.8. The molecule has 3 aromatic rings. The summed E-state index contributed by atoms with van der Waals surface area (Å²) in [5, 5.41) is 14.1. The molecule has 0 saturated carbocycles. The van der Waals surface area contributed by atoms with Crippen molar-refractivity contribution in [1.29, 1.82) is 0 Å². The van der Waals surface area contributed by atoms with Crippen molar-refractivity contribution in [1.82, 2.24) is 20.2 Å². The van der Waals surface area contributed by atoms with Crippen molar-refractivity contribution in [2.45, 2.75) is 59.8 Å². The molecule has 2 aromatic heterocycles. The van der Waals surface area contributed by atoms with Crippen LogP contribution in [0.3, 0.4) is 0 Å². The molecule has 0 amide bonds. The number of fused-ring (bicyclic) bond motifs is 3. The highest BCUT2D eigenvalue weighted by molar-refractivity contribution is 6.03. The molecule has 0 aliphatic heterocycles. The van der Waals surface area contributed by atoms with E-state index in [1.54, 1.807) is 5.57 Å². The van der Waals surface area contributed by atoms with Crippen molar-refractivity contribution < 1.29 is 0 Å². The van der Waals surface area contributed by atoms with Crippen LogP contribution >= 0.6 is 0 Å². The van der Waals surface area contributed by atoms with E-state index in [0.29, 0.717) is 17.8 Å². The highest BCUT2D eigenvalue weighted by Gasteiger charge is 2.20. The fraction of sp³-hybridized carbons (Fsp3) is 0.440. The van der Waals surface area contributed by atoms with E-state index in [1.165, 1.54) is 17.6 Å². The number of benzene rings is 1. The molecule has 4 rings (SSSR count). The van der Waals surface area contributed by atoms with Crippen molar-refractivity contribution >= 4 is 34.2 Å². The minimum atomic E-state index is 0.410. The van der Waals surface area contributed by atoms with Crippen LogP contribution in [0.25, 0.3) is 22.1 Å². The van der Waals surface area contributed by atoms with Crippen LogP contribution in [-0.4, -0.2) is 26.4 Å². The normalized spacial score (nSPS) is 19.2. The molecule has 2 unspecified atom stereocenters. The van der Waals surface area contributed by atoms with Crippen LogP contribution in [0.4, 0.5) is 5.95 Å². The zero-order valence-corrected chi connectivity index (χ0v) is 18.9. The second-order valence-electron chi connectivity index (χ2n) is 8.84. The molecule has 0 spiro atoms. The van der Waals surface area contributed by atoms with Crippen molar-refractivity contribution in [3.63, 3.8) is 0 Å². The number of aryl methyl sites for hydroxylation is 1. The van der Waals surface area contributed by atoms with E-state index in [1.807, 2.05) is 6.21 Å². The first-order valence-corrected chi connectivity index (χ1v) is 11.3. The van der Waals surface area contributed by atoms with E-state index in [9.17, 15) is 0 Å². The van der Waals surface area contributed by atoms with Crippen LogP contribution in [0.1, 0.15) is 58.9 Å². The number of anilines is 1. The molecule has 0 fully saturated rings. The summed E-state index contributed by atoms with van der Waals surface area (Å²) in [6.45, 7) is 8.78. The predicted molar refractivity (Wildman–Crippen MR) is 129 cm³/mol. The standard InChI is InChI=1S/C25H32N6/c1-5-18-10-12-22-21(14-18)23-24(27-22)28-25(31-29-23)30-26-15-20-11-9-19(13-17(20)4)8-6-7-16(2)3/h7,9-10,12,14-15,17,20H,5-6,8,11,13H2,1-4H3,(H2,27,28,30,31)/b26-15+. The lowest BCUT2D eigenvalue weighted by atomic mass is 9.80. The molecule has 0 bridgehead atoms. The molecule has 1 aromatic carbocycles. The number of hydrogen-bond acceptors (Lipinski definition) is 5. The molecule has 2 N–H and O–H groups in total. The topological polar surface area (TPSA) is 78.9 Å². The van der Waals surface area contributed by atoms with Crippen molar-refractivity contribution in [2.75, 3.05) is 5.43 Å². The molecule has 6 heteroatoms. The van der Waals surface area contributed by atoms with Crippen LogP contribution in [0, 0.1) is 11.8 Å². The van der Waals surface area contributed by atoms with E-state index in [0.717, 1.165) is 47.8 Å². The molecule has 0 saturated heterocycles. The second kappa shape index (κ2) is 9.41. The number of aromatic amines is 1. The largest absolute Gasteiger partial charge is 0.338 e. The van der Waals surface area contributed by atoms with Gasteiger partial charge in [0.1, 0.15) is 5.52 Å². The molecule has 1 aliphatic rings. The number of aromatic nitrogens is 4. The summed E-state index contributed by atoms with van der Waals surface area (Å²) >= 11 is 0. The quantitative estimate of drug-likeness (QED) is 0.274. The molecule has 0 radical (unpaired) electrons.